The van der Waals surface area contributed by atoms with Crippen molar-refractivity contribution in [1.82, 2.24) is 5.32 Å². The second-order valence-corrected chi connectivity index (χ2v) is 18.6. The summed E-state index contributed by atoms with van der Waals surface area (Å²) in [6.45, 7) is 27.2. The Hall–Kier alpha value is -2.72. The second-order valence-electron chi connectivity index (χ2n) is 18.6. The minimum atomic E-state index is -0.513. The van der Waals surface area contributed by atoms with Gasteiger partial charge in [-0.25, -0.2) is 9.18 Å². The molecule has 4 saturated carbocycles. The summed E-state index contributed by atoms with van der Waals surface area (Å²) in [4.78, 5) is 29.6. The highest BCUT2D eigenvalue weighted by Crippen LogP contribution is 2.76. The van der Waals surface area contributed by atoms with Crippen LogP contribution in [0.1, 0.15) is 131 Å². The monoisotopic (exact) mass is 661 g/mol. The van der Waals surface area contributed by atoms with E-state index in [1.807, 2.05) is 33.8 Å². The Morgan fingerprint density at radius 1 is 0.958 bits per heavy atom. The van der Waals surface area contributed by atoms with E-state index in [0.29, 0.717) is 35.2 Å². The number of allylic oxidation sites excluding steroid dienone is 3. The normalized spacial score (nSPS) is 39.5. The van der Waals surface area contributed by atoms with Gasteiger partial charge in [-0.05, 0) is 166 Å². The Balaban J connectivity index is 0.00000145. The van der Waals surface area contributed by atoms with E-state index in [4.69, 9.17) is 14.3 Å². The molecular weight excluding hydrogens is 601 g/mol. The number of aryl methyl sites for hydroxylation is 1. The average molecular weight is 662 g/mol. The smallest absolute Gasteiger partial charge is 0.408 e. The third-order valence-corrected chi connectivity index (χ3v) is 14.9. The van der Waals surface area contributed by atoms with E-state index >= 15 is 0 Å². The van der Waals surface area contributed by atoms with Crippen LogP contribution in [0.15, 0.2) is 36.4 Å². The first-order valence-corrected chi connectivity index (χ1v) is 18.3. The lowest BCUT2D eigenvalue weighted by Crippen LogP contribution is -2.68. The summed E-state index contributed by atoms with van der Waals surface area (Å²) in [6, 6.07) is 5.84. The van der Waals surface area contributed by atoms with Crippen LogP contribution in [0.2, 0.25) is 0 Å². The lowest BCUT2D eigenvalue weighted by atomic mass is 9.33. The van der Waals surface area contributed by atoms with Crippen LogP contribution < -0.4 is 5.32 Å². The largest absolute Gasteiger partial charge is 0.444 e. The quantitative estimate of drug-likeness (QED) is 0.327. The number of hydrogen-bond acceptors (Lipinski definition) is 4. The number of fused-ring (bicyclic) bond motifs is 7. The molecule has 6 heteroatoms. The zero-order valence-corrected chi connectivity index (χ0v) is 31.3. The molecule has 0 spiro atoms. The first-order valence-electron chi connectivity index (χ1n) is 18.3. The van der Waals surface area contributed by atoms with Crippen LogP contribution in [0.5, 0.6) is 0 Å². The van der Waals surface area contributed by atoms with Crippen LogP contribution in [0.3, 0.4) is 0 Å². The number of benzene rings is 1. The van der Waals surface area contributed by atoms with E-state index in [-0.39, 0.29) is 45.3 Å². The minimum Gasteiger partial charge on any atom is -0.444 e. The van der Waals surface area contributed by atoms with Crippen LogP contribution in [-0.4, -0.2) is 23.4 Å². The maximum absolute atomic E-state index is 14.7. The van der Waals surface area contributed by atoms with Gasteiger partial charge >= 0.3 is 12.2 Å². The Labute approximate surface area is 288 Å². The van der Waals surface area contributed by atoms with Gasteiger partial charge in [0.05, 0.1) is 0 Å². The fourth-order valence-electron chi connectivity index (χ4n) is 12.7. The fraction of sp³-hybridized carbons (Fsp3) is 0.714. The Kier molecular flexibility index (Phi) is 9.33. The molecule has 0 aliphatic heterocycles. The zero-order valence-electron chi connectivity index (χ0n) is 31.3. The Morgan fingerprint density at radius 2 is 1.62 bits per heavy atom. The zero-order chi connectivity index (χ0) is 35.7. The number of alkyl carbamates (subject to hydrolysis) is 1. The molecule has 1 aromatic carbocycles. The number of carbonyl (C=O) groups excluding carboxylic acids is 3. The summed E-state index contributed by atoms with van der Waals surface area (Å²) in [5.74, 6) is 2.46. The molecule has 9 atom stereocenters. The first kappa shape index (κ1) is 36.6. The summed E-state index contributed by atoms with van der Waals surface area (Å²) in [6.07, 6.45) is 12.7. The molecule has 1 aromatic rings. The van der Waals surface area contributed by atoms with Gasteiger partial charge < -0.3 is 10.1 Å². The molecule has 0 heterocycles. The number of rotatable bonds is 3. The highest BCUT2D eigenvalue weighted by atomic mass is 19.1. The number of ether oxygens (including phenoxy) is 1. The van der Waals surface area contributed by atoms with Gasteiger partial charge in [-0.1, -0.05) is 65.0 Å². The van der Waals surface area contributed by atoms with Crippen LogP contribution in [0.4, 0.5) is 9.18 Å². The highest BCUT2D eigenvalue weighted by molar-refractivity contribution is 5.72. The molecule has 1 N–H and O–H groups in total. The van der Waals surface area contributed by atoms with E-state index in [9.17, 15) is 9.18 Å². The van der Waals surface area contributed by atoms with Crippen LogP contribution in [0, 0.1) is 64.0 Å². The van der Waals surface area contributed by atoms with Crippen molar-refractivity contribution in [3.05, 3.63) is 53.4 Å². The summed E-state index contributed by atoms with van der Waals surface area (Å²) in [7, 11) is 0. The summed E-state index contributed by atoms with van der Waals surface area (Å²) in [5, 5.41) is 3.53. The van der Waals surface area contributed by atoms with Gasteiger partial charge in [0.25, 0.3) is 0 Å². The van der Waals surface area contributed by atoms with Crippen LogP contribution in [-0.2, 0) is 14.3 Å². The molecule has 48 heavy (non-hydrogen) atoms. The molecule has 4 fully saturated rings. The fourth-order valence-corrected chi connectivity index (χ4v) is 12.7. The summed E-state index contributed by atoms with van der Waals surface area (Å²) >= 11 is 0. The molecular formula is C42H60FNO4. The van der Waals surface area contributed by atoms with Crippen LogP contribution >= 0.6 is 0 Å². The lowest BCUT2D eigenvalue weighted by Gasteiger charge is -2.72. The maximum atomic E-state index is 14.7. The third kappa shape index (κ3) is 5.62. The highest BCUT2D eigenvalue weighted by Gasteiger charge is 2.70. The van der Waals surface area contributed by atoms with Crippen molar-refractivity contribution in [2.75, 3.05) is 0 Å². The van der Waals surface area contributed by atoms with Gasteiger partial charge in [0, 0.05) is 5.54 Å². The van der Waals surface area contributed by atoms with E-state index < -0.39 is 5.60 Å². The molecule has 6 rings (SSSR count). The summed E-state index contributed by atoms with van der Waals surface area (Å²) in [5.41, 5.74) is 4.24. The van der Waals surface area contributed by atoms with Crippen molar-refractivity contribution in [2.24, 2.45) is 51.2 Å². The van der Waals surface area contributed by atoms with Gasteiger partial charge in [0.15, 0.2) is 0 Å². The van der Waals surface area contributed by atoms with Gasteiger partial charge in [0.2, 0.25) is 0 Å². The SMILES string of the molecule is C=C(C)[C@@H]1CC[C@]2(NC(=O)OC(C)(C)C)CC[C@]3(C)[C@H](CC[C@@H]4[C@@]5(C)CC=C(c6ccc(C)c(F)c6)C(C)(C)[C@@H]5CC[C@]43C)[C@@H]12.O=C=O. The van der Waals surface area contributed by atoms with E-state index in [2.05, 4.69) is 65.6 Å². The lowest BCUT2D eigenvalue weighted by molar-refractivity contribution is -0.219. The van der Waals surface area contributed by atoms with Crippen molar-refractivity contribution >= 4 is 17.8 Å². The molecule has 5 nitrogen and oxygen atoms in total. The molecule has 0 radical (unpaired) electrons. The topological polar surface area (TPSA) is 72.5 Å². The molecule has 5 aliphatic carbocycles. The molecule has 0 unspecified atom stereocenters. The molecule has 0 saturated heterocycles. The van der Waals surface area contributed by atoms with Gasteiger partial charge in [-0.3, -0.25) is 0 Å². The van der Waals surface area contributed by atoms with Crippen molar-refractivity contribution in [3.8, 4) is 0 Å². The van der Waals surface area contributed by atoms with Gasteiger partial charge in [0.1, 0.15) is 11.4 Å². The van der Waals surface area contributed by atoms with Gasteiger partial charge in [-0.15, -0.1) is 0 Å². The van der Waals surface area contributed by atoms with Gasteiger partial charge in [-0.2, -0.15) is 9.59 Å². The minimum absolute atomic E-state index is 0.0245. The van der Waals surface area contributed by atoms with Crippen molar-refractivity contribution in [2.45, 2.75) is 138 Å². The second kappa shape index (κ2) is 12.3. The number of halogens is 1. The third-order valence-electron chi connectivity index (χ3n) is 14.9. The molecule has 5 aliphatic rings. The molecule has 0 bridgehead atoms. The molecule has 1 amide bonds. The average Bonchev–Trinajstić information content (AvgIpc) is 3.33. The standard InChI is InChI=1S/C41H60FNO2.CO2/c1-25(2)28-16-21-41(43-35(44)45-36(4,5)6)23-22-39(10)30(34(28)41)14-15-33-38(9)19-17-29(27-13-12-26(3)31(42)24-27)37(7,8)32(38)18-20-40(33,39)11;2-1-3/h12-13,17,24,28,30,32-34H,1,14-16,18-23H2,2-11H3,(H,43,44);/t28-,30+,32-,33+,34+,38-,39+,40+,41-;/m0./s1. The van der Waals surface area contributed by atoms with Crippen LogP contribution in [0.25, 0.3) is 5.57 Å². The van der Waals surface area contributed by atoms with Crippen molar-refractivity contribution in [1.29, 1.82) is 0 Å². The van der Waals surface area contributed by atoms with E-state index in [1.54, 1.807) is 6.07 Å². The summed E-state index contributed by atoms with van der Waals surface area (Å²) < 4.78 is 20.6. The number of amides is 1. The number of hydrogen-bond donors (Lipinski definition) is 1. The van der Waals surface area contributed by atoms with E-state index in [0.717, 1.165) is 37.7 Å². The Morgan fingerprint density at radius 3 is 2.23 bits per heavy atom. The van der Waals surface area contributed by atoms with E-state index in [1.165, 1.54) is 36.8 Å². The first-order chi connectivity index (χ1) is 22.2. The predicted octanol–water partition coefficient (Wildman–Crippen LogP) is 10.5. The molecule has 264 valence electrons. The molecule has 0 aromatic heterocycles. The number of nitrogens with one attached hydrogen (secondary N) is 1. The number of carbonyl (C=O) groups is 1. The maximum Gasteiger partial charge on any atom is 0.408 e. The Bertz CT molecular complexity index is 1520. The predicted molar refractivity (Wildman–Crippen MR) is 188 cm³/mol. The van der Waals surface area contributed by atoms with Crippen molar-refractivity contribution < 1.29 is 23.5 Å². The van der Waals surface area contributed by atoms with Crippen molar-refractivity contribution in [3.63, 3.8) is 0 Å².